The van der Waals surface area contributed by atoms with Crippen LogP contribution in [0.3, 0.4) is 0 Å². The molecule has 0 spiro atoms. The highest BCUT2D eigenvalue weighted by Crippen LogP contribution is 2.12. The summed E-state index contributed by atoms with van der Waals surface area (Å²) < 4.78 is 10.7. The van der Waals surface area contributed by atoms with E-state index >= 15 is 0 Å². The molecule has 1 rings (SSSR count). The van der Waals surface area contributed by atoms with Gasteiger partial charge in [0, 0.05) is 24.2 Å². The van der Waals surface area contributed by atoms with Gasteiger partial charge in [0.15, 0.2) is 6.10 Å². The van der Waals surface area contributed by atoms with Gasteiger partial charge in [-0.2, -0.15) is 0 Å². The number of carbonyl (C=O) groups is 2. The Kier molecular flexibility index (Phi) is 7.71. The lowest BCUT2D eigenvalue weighted by Crippen LogP contribution is -2.37. The molecule has 21 heavy (non-hydrogen) atoms. The van der Waals surface area contributed by atoms with Crippen LogP contribution in [0.1, 0.15) is 12.5 Å². The van der Waals surface area contributed by atoms with Gasteiger partial charge in [-0.05, 0) is 30.7 Å². The zero-order valence-corrected chi connectivity index (χ0v) is 13.6. The summed E-state index contributed by atoms with van der Waals surface area (Å²) in [5, 5.41) is 2.60. The Bertz CT molecular complexity index is 516. The first-order valence-electron chi connectivity index (χ1n) is 6.44. The number of hydrogen-bond donors (Lipinski definition) is 1. The summed E-state index contributed by atoms with van der Waals surface area (Å²) >= 11 is 3.35. The molecular formula is C15H18BrNO4. The largest absolute Gasteiger partial charge is 0.449 e. The lowest BCUT2D eigenvalue weighted by Gasteiger charge is -2.11. The molecule has 1 atom stereocenters. The van der Waals surface area contributed by atoms with E-state index in [0.717, 1.165) is 10.0 Å². The van der Waals surface area contributed by atoms with Crippen molar-refractivity contribution in [3.8, 4) is 0 Å². The van der Waals surface area contributed by atoms with Crippen LogP contribution in [0.25, 0.3) is 6.08 Å². The number of ether oxygens (including phenoxy) is 2. The lowest BCUT2D eigenvalue weighted by atomic mass is 10.2. The molecule has 5 nitrogen and oxygen atoms in total. The summed E-state index contributed by atoms with van der Waals surface area (Å²) in [5.74, 6) is -0.916. The molecule has 0 saturated heterocycles. The van der Waals surface area contributed by atoms with Crippen molar-refractivity contribution in [2.24, 2.45) is 0 Å². The summed E-state index contributed by atoms with van der Waals surface area (Å²) in [7, 11) is 1.54. The van der Waals surface area contributed by atoms with Crippen LogP contribution in [0.15, 0.2) is 34.8 Å². The lowest BCUT2D eigenvalue weighted by molar-refractivity contribution is -0.150. The van der Waals surface area contributed by atoms with Gasteiger partial charge < -0.3 is 14.8 Å². The van der Waals surface area contributed by atoms with Gasteiger partial charge >= 0.3 is 5.97 Å². The van der Waals surface area contributed by atoms with Crippen molar-refractivity contribution in [2.75, 3.05) is 20.3 Å². The Labute approximate surface area is 132 Å². The number of rotatable bonds is 7. The standard InChI is InChI=1S/C15H18BrNO4/c1-11(15(19)17-8-9-20-2)21-14(18)7-6-12-4-3-5-13(16)10-12/h3-7,10-11H,8-9H2,1-2H3,(H,17,19)/b7-6+/t11-/m0/s1. The summed E-state index contributed by atoms with van der Waals surface area (Å²) in [4.78, 5) is 23.2. The van der Waals surface area contributed by atoms with E-state index in [2.05, 4.69) is 21.2 Å². The fourth-order valence-electron chi connectivity index (χ4n) is 1.46. The number of benzene rings is 1. The monoisotopic (exact) mass is 355 g/mol. The predicted octanol–water partition coefficient (Wildman–Crippen LogP) is 2.16. The quantitative estimate of drug-likeness (QED) is 0.462. The fourth-order valence-corrected chi connectivity index (χ4v) is 1.88. The second-order valence-corrected chi connectivity index (χ2v) is 5.17. The van der Waals surface area contributed by atoms with Gasteiger partial charge in [0.25, 0.3) is 5.91 Å². The third-order valence-electron chi connectivity index (χ3n) is 2.53. The van der Waals surface area contributed by atoms with Crippen LogP contribution in [-0.2, 0) is 19.1 Å². The van der Waals surface area contributed by atoms with E-state index in [4.69, 9.17) is 9.47 Å². The van der Waals surface area contributed by atoms with Gasteiger partial charge in [-0.1, -0.05) is 28.1 Å². The van der Waals surface area contributed by atoms with Gasteiger partial charge in [-0.25, -0.2) is 4.79 Å². The van der Waals surface area contributed by atoms with Crippen molar-refractivity contribution in [3.05, 3.63) is 40.4 Å². The van der Waals surface area contributed by atoms with Crippen LogP contribution in [0.5, 0.6) is 0 Å². The van der Waals surface area contributed by atoms with E-state index in [9.17, 15) is 9.59 Å². The third kappa shape index (κ3) is 7.06. The normalized spacial score (nSPS) is 12.1. The molecule has 1 aromatic carbocycles. The summed E-state index contributed by atoms with van der Waals surface area (Å²) in [5.41, 5.74) is 0.860. The van der Waals surface area contributed by atoms with E-state index in [1.807, 2.05) is 24.3 Å². The molecule has 6 heteroatoms. The third-order valence-corrected chi connectivity index (χ3v) is 3.02. The molecular weight excluding hydrogens is 338 g/mol. The number of amides is 1. The van der Waals surface area contributed by atoms with Crippen LogP contribution >= 0.6 is 15.9 Å². The van der Waals surface area contributed by atoms with Crippen molar-refractivity contribution in [2.45, 2.75) is 13.0 Å². The fraction of sp³-hybridized carbons (Fsp3) is 0.333. The van der Waals surface area contributed by atoms with Crippen molar-refractivity contribution in [3.63, 3.8) is 0 Å². The second kappa shape index (κ2) is 9.31. The topological polar surface area (TPSA) is 64.6 Å². The maximum absolute atomic E-state index is 11.6. The summed E-state index contributed by atoms with van der Waals surface area (Å²) in [6.07, 6.45) is 2.07. The van der Waals surface area contributed by atoms with Gasteiger partial charge in [0.1, 0.15) is 0 Å². The minimum Gasteiger partial charge on any atom is -0.449 e. The molecule has 0 aliphatic heterocycles. The summed E-state index contributed by atoms with van der Waals surface area (Å²) in [6, 6.07) is 7.48. The minimum atomic E-state index is -0.846. The molecule has 0 radical (unpaired) electrons. The average Bonchev–Trinajstić information content (AvgIpc) is 2.45. The van der Waals surface area contributed by atoms with E-state index in [0.29, 0.717) is 13.2 Å². The Hall–Kier alpha value is -1.66. The van der Waals surface area contributed by atoms with Crippen molar-refractivity contribution in [1.82, 2.24) is 5.32 Å². The van der Waals surface area contributed by atoms with Crippen LogP contribution in [0, 0.1) is 0 Å². The smallest absolute Gasteiger partial charge is 0.331 e. The molecule has 1 amide bonds. The van der Waals surface area contributed by atoms with Crippen LogP contribution in [0.2, 0.25) is 0 Å². The van der Waals surface area contributed by atoms with E-state index in [1.165, 1.54) is 13.0 Å². The molecule has 0 bridgehead atoms. The predicted molar refractivity (Wildman–Crippen MR) is 83.6 cm³/mol. The van der Waals surface area contributed by atoms with Crippen molar-refractivity contribution < 1.29 is 19.1 Å². The molecule has 0 aliphatic carbocycles. The number of methoxy groups -OCH3 is 1. The highest BCUT2D eigenvalue weighted by molar-refractivity contribution is 9.10. The molecule has 0 aromatic heterocycles. The first-order valence-corrected chi connectivity index (χ1v) is 7.23. The highest BCUT2D eigenvalue weighted by Gasteiger charge is 2.15. The van der Waals surface area contributed by atoms with E-state index in [-0.39, 0.29) is 5.91 Å². The average molecular weight is 356 g/mol. The second-order valence-electron chi connectivity index (χ2n) is 4.25. The Balaban J connectivity index is 2.43. The molecule has 0 heterocycles. The molecule has 1 aromatic rings. The number of carbonyl (C=O) groups excluding carboxylic acids is 2. The molecule has 114 valence electrons. The molecule has 0 fully saturated rings. The van der Waals surface area contributed by atoms with Gasteiger partial charge in [-0.15, -0.1) is 0 Å². The van der Waals surface area contributed by atoms with Crippen LogP contribution in [-0.4, -0.2) is 38.2 Å². The van der Waals surface area contributed by atoms with Crippen LogP contribution in [0.4, 0.5) is 0 Å². The molecule has 0 unspecified atom stereocenters. The number of hydrogen-bond acceptors (Lipinski definition) is 4. The van der Waals surface area contributed by atoms with Crippen molar-refractivity contribution in [1.29, 1.82) is 0 Å². The van der Waals surface area contributed by atoms with Crippen molar-refractivity contribution >= 4 is 33.9 Å². The SMILES string of the molecule is COCCNC(=O)[C@H](C)OC(=O)/C=C/c1cccc(Br)c1. The Morgan fingerprint density at radius 1 is 1.43 bits per heavy atom. The highest BCUT2D eigenvalue weighted by atomic mass is 79.9. The zero-order valence-electron chi connectivity index (χ0n) is 12.0. The molecule has 0 aliphatic rings. The minimum absolute atomic E-state index is 0.351. The Morgan fingerprint density at radius 3 is 2.86 bits per heavy atom. The Morgan fingerprint density at radius 2 is 2.19 bits per heavy atom. The molecule has 0 saturated carbocycles. The van der Waals surface area contributed by atoms with Gasteiger partial charge in [0.2, 0.25) is 0 Å². The van der Waals surface area contributed by atoms with E-state index in [1.54, 1.807) is 13.2 Å². The number of esters is 1. The summed E-state index contributed by atoms with van der Waals surface area (Å²) in [6.45, 7) is 2.31. The van der Waals surface area contributed by atoms with Gasteiger partial charge in [-0.3, -0.25) is 4.79 Å². The maximum Gasteiger partial charge on any atom is 0.331 e. The van der Waals surface area contributed by atoms with E-state index < -0.39 is 12.1 Å². The first kappa shape index (κ1) is 17.4. The van der Waals surface area contributed by atoms with Gasteiger partial charge in [0.05, 0.1) is 6.61 Å². The number of nitrogens with one attached hydrogen (secondary N) is 1. The molecule has 1 N–H and O–H groups in total. The van der Waals surface area contributed by atoms with Crippen LogP contribution < -0.4 is 5.32 Å². The zero-order chi connectivity index (χ0) is 15.7. The first-order chi connectivity index (χ1) is 10.0. The maximum atomic E-state index is 11.6. The number of halogens is 1.